The number of carbonyl (C=O) groups is 1. The van der Waals surface area contributed by atoms with Crippen molar-refractivity contribution in [2.24, 2.45) is 0 Å². The predicted molar refractivity (Wildman–Crippen MR) is 69.7 cm³/mol. The van der Waals surface area contributed by atoms with Gasteiger partial charge in [-0.2, -0.15) is 0 Å². The van der Waals surface area contributed by atoms with E-state index in [9.17, 15) is 14.9 Å². The molecule has 0 spiro atoms. The van der Waals surface area contributed by atoms with Crippen LogP contribution in [0.1, 0.15) is 21.5 Å². The summed E-state index contributed by atoms with van der Waals surface area (Å²) in [6.07, 6.45) is 1.68. The summed E-state index contributed by atoms with van der Waals surface area (Å²) < 4.78 is 4.55. The molecule has 18 heavy (non-hydrogen) atoms. The SMILES string of the molecule is COC(=O)c1cc([N+](=O)[O-])c(/C=C(\C)N(C)C)s1. The van der Waals surface area contributed by atoms with Gasteiger partial charge in [0.05, 0.1) is 12.0 Å². The molecule has 0 atom stereocenters. The van der Waals surface area contributed by atoms with E-state index in [0.29, 0.717) is 4.88 Å². The Kier molecular flexibility index (Phi) is 4.43. The molecule has 0 radical (unpaired) electrons. The first kappa shape index (κ1) is 14.2. The minimum atomic E-state index is -0.565. The van der Waals surface area contributed by atoms with Crippen molar-refractivity contribution in [3.05, 3.63) is 31.6 Å². The van der Waals surface area contributed by atoms with Gasteiger partial charge in [0, 0.05) is 25.9 Å². The molecule has 1 heterocycles. The van der Waals surface area contributed by atoms with Crippen LogP contribution in [0.3, 0.4) is 0 Å². The fourth-order valence-electron chi connectivity index (χ4n) is 1.16. The highest BCUT2D eigenvalue weighted by molar-refractivity contribution is 7.15. The van der Waals surface area contributed by atoms with Gasteiger partial charge in [-0.1, -0.05) is 0 Å². The van der Waals surface area contributed by atoms with Gasteiger partial charge in [0.2, 0.25) is 0 Å². The zero-order valence-corrected chi connectivity index (χ0v) is 11.4. The highest BCUT2D eigenvalue weighted by Gasteiger charge is 2.21. The maximum absolute atomic E-state index is 11.4. The van der Waals surface area contributed by atoms with Gasteiger partial charge < -0.3 is 9.64 Å². The molecule has 0 saturated carbocycles. The third-order valence-electron chi connectivity index (χ3n) is 2.37. The van der Waals surface area contributed by atoms with Crippen molar-refractivity contribution in [1.29, 1.82) is 0 Å². The minimum absolute atomic E-state index is 0.0819. The van der Waals surface area contributed by atoms with Crippen molar-refractivity contribution in [2.75, 3.05) is 21.2 Å². The maximum Gasteiger partial charge on any atom is 0.348 e. The molecule has 0 amide bonds. The van der Waals surface area contributed by atoms with Crippen molar-refractivity contribution in [1.82, 2.24) is 4.90 Å². The molecule has 0 N–H and O–H groups in total. The highest BCUT2D eigenvalue weighted by atomic mass is 32.1. The molecular weight excluding hydrogens is 256 g/mol. The van der Waals surface area contributed by atoms with Crippen LogP contribution >= 0.6 is 11.3 Å². The second kappa shape index (κ2) is 5.63. The largest absolute Gasteiger partial charge is 0.465 e. The summed E-state index contributed by atoms with van der Waals surface area (Å²) in [5.41, 5.74) is 0.776. The first-order chi connectivity index (χ1) is 8.36. The zero-order chi connectivity index (χ0) is 13.9. The molecular formula is C11H14N2O4S. The van der Waals surface area contributed by atoms with Crippen LogP contribution in [0.25, 0.3) is 6.08 Å². The number of hydrogen-bond donors (Lipinski definition) is 0. The Hall–Kier alpha value is -1.89. The first-order valence-electron chi connectivity index (χ1n) is 5.09. The summed E-state index contributed by atoms with van der Waals surface area (Å²) in [4.78, 5) is 24.3. The average molecular weight is 270 g/mol. The van der Waals surface area contributed by atoms with Crippen LogP contribution in [0, 0.1) is 10.1 Å². The molecule has 0 aromatic carbocycles. The third-order valence-corrected chi connectivity index (χ3v) is 3.42. The second-order valence-corrected chi connectivity index (χ2v) is 4.87. The lowest BCUT2D eigenvalue weighted by Crippen LogP contribution is -2.07. The van der Waals surface area contributed by atoms with Gasteiger partial charge in [0.25, 0.3) is 5.69 Å². The van der Waals surface area contributed by atoms with E-state index in [-0.39, 0.29) is 10.6 Å². The van der Waals surface area contributed by atoms with Crippen LogP contribution < -0.4 is 0 Å². The normalized spacial score (nSPS) is 11.2. The fraction of sp³-hybridized carbons (Fsp3) is 0.364. The molecule has 0 aliphatic carbocycles. The topological polar surface area (TPSA) is 72.7 Å². The number of hydrogen-bond acceptors (Lipinski definition) is 6. The molecule has 6 nitrogen and oxygen atoms in total. The Balaban J connectivity index is 3.25. The van der Waals surface area contributed by atoms with Crippen molar-refractivity contribution < 1.29 is 14.5 Å². The molecule has 1 aromatic heterocycles. The van der Waals surface area contributed by atoms with E-state index in [2.05, 4.69) is 4.74 Å². The zero-order valence-electron chi connectivity index (χ0n) is 10.6. The number of thiophene rings is 1. The number of ether oxygens (including phenoxy) is 1. The molecule has 7 heteroatoms. The summed E-state index contributed by atoms with van der Waals surface area (Å²) in [6.45, 7) is 1.83. The Morgan fingerprint density at radius 1 is 1.56 bits per heavy atom. The smallest absolute Gasteiger partial charge is 0.348 e. The fourth-order valence-corrected chi connectivity index (χ4v) is 2.20. The van der Waals surface area contributed by atoms with E-state index in [1.807, 2.05) is 25.9 Å². The lowest BCUT2D eigenvalue weighted by Gasteiger charge is -2.11. The lowest BCUT2D eigenvalue weighted by atomic mass is 10.3. The van der Waals surface area contributed by atoms with Crippen molar-refractivity contribution >= 4 is 29.1 Å². The molecule has 1 aromatic rings. The molecule has 1 rings (SSSR count). The van der Waals surface area contributed by atoms with Crippen molar-refractivity contribution in [2.45, 2.75) is 6.92 Å². The van der Waals surface area contributed by atoms with Gasteiger partial charge in [-0.15, -0.1) is 11.3 Å². The van der Waals surface area contributed by atoms with Gasteiger partial charge in [0.15, 0.2) is 0 Å². The Labute approximate surface area is 109 Å². The number of methoxy groups -OCH3 is 1. The molecule has 98 valence electrons. The maximum atomic E-state index is 11.4. The van der Waals surface area contributed by atoms with Gasteiger partial charge in [-0.3, -0.25) is 10.1 Å². The van der Waals surface area contributed by atoms with E-state index in [0.717, 1.165) is 17.0 Å². The molecule has 0 fully saturated rings. The van der Waals surface area contributed by atoms with Crippen molar-refractivity contribution in [3.63, 3.8) is 0 Å². The number of allylic oxidation sites excluding steroid dienone is 1. The van der Waals surface area contributed by atoms with E-state index >= 15 is 0 Å². The van der Waals surface area contributed by atoms with Crippen LogP contribution in [-0.4, -0.2) is 37.0 Å². The lowest BCUT2D eigenvalue weighted by molar-refractivity contribution is -0.384. The summed E-state index contributed by atoms with van der Waals surface area (Å²) in [5, 5.41) is 10.9. The summed E-state index contributed by atoms with van der Waals surface area (Å²) in [6, 6.07) is 1.24. The van der Waals surface area contributed by atoms with Crippen LogP contribution in [0.2, 0.25) is 0 Å². The van der Waals surface area contributed by atoms with Crippen LogP contribution in [0.15, 0.2) is 11.8 Å². The summed E-state index contributed by atoms with van der Waals surface area (Å²) in [7, 11) is 4.92. The van der Waals surface area contributed by atoms with E-state index < -0.39 is 10.9 Å². The van der Waals surface area contributed by atoms with Gasteiger partial charge in [0.1, 0.15) is 9.75 Å². The molecule has 0 unspecified atom stereocenters. The molecule has 0 aliphatic rings. The Bertz CT molecular complexity index is 505. The van der Waals surface area contributed by atoms with Gasteiger partial charge >= 0.3 is 5.97 Å². The Morgan fingerprint density at radius 3 is 2.61 bits per heavy atom. The molecule has 0 aliphatic heterocycles. The van der Waals surface area contributed by atoms with E-state index in [1.54, 1.807) is 6.08 Å². The number of nitrogens with zero attached hydrogens (tertiary/aromatic N) is 2. The number of carbonyl (C=O) groups excluding carboxylic acids is 1. The van der Waals surface area contributed by atoms with Crippen molar-refractivity contribution in [3.8, 4) is 0 Å². The van der Waals surface area contributed by atoms with Gasteiger partial charge in [-0.05, 0) is 13.0 Å². The predicted octanol–water partition coefficient (Wildman–Crippen LogP) is 2.37. The molecule has 0 saturated heterocycles. The number of esters is 1. The summed E-state index contributed by atoms with van der Waals surface area (Å²) in [5.74, 6) is -0.565. The number of nitro groups is 1. The van der Waals surface area contributed by atoms with Crippen LogP contribution in [0.4, 0.5) is 5.69 Å². The highest BCUT2D eigenvalue weighted by Crippen LogP contribution is 2.31. The minimum Gasteiger partial charge on any atom is -0.465 e. The Morgan fingerprint density at radius 2 is 2.17 bits per heavy atom. The van der Waals surface area contributed by atoms with E-state index in [4.69, 9.17) is 0 Å². The van der Waals surface area contributed by atoms with Crippen LogP contribution in [-0.2, 0) is 4.74 Å². The molecule has 0 bridgehead atoms. The monoisotopic (exact) mass is 270 g/mol. The van der Waals surface area contributed by atoms with E-state index in [1.165, 1.54) is 13.2 Å². The average Bonchev–Trinajstić information content (AvgIpc) is 2.71. The standard InChI is InChI=1S/C11H14N2O4S/c1-7(12(2)3)5-9-8(13(15)16)6-10(18-9)11(14)17-4/h5-6H,1-4H3/b7-5+. The number of rotatable bonds is 4. The summed E-state index contributed by atoms with van der Waals surface area (Å²) >= 11 is 1.05. The first-order valence-corrected chi connectivity index (χ1v) is 5.90. The third kappa shape index (κ3) is 3.07. The van der Waals surface area contributed by atoms with Crippen LogP contribution in [0.5, 0.6) is 0 Å². The second-order valence-electron chi connectivity index (χ2n) is 3.79. The van der Waals surface area contributed by atoms with Gasteiger partial charge in [-0.25, -0.2) is 4.79 Å². The quantitative estimate of drug-likeness (QED) is 0.477.